The molecule has 0 amide bonds. The molecule has 0 unspecified atom stereocenters. The zero-order valence-electron chi connectivity index (χ0n) is 10.1. The Labute approximate surface area is 103 Å². The second-order valence-corrected chi connectivity index (χ2v) is 4.33. The first-order valence-corrected chi connectivity index (χ1v) is 5.53. The van der Waals surface area contributed by atoms with Crippen molar-refractivity contribution >= 4 is 0 Å². The molecule has 2 aromatic rings. The average molecular weight is 254 g/mol. The molecule has 0 radical (unpaired) electrons. The van der Waals surface area contributed by atoms with Gasteiger partial charge < -0.3 is 0 Å². The van der Waals surface area contributed by atoms with Gasteiger partial charge in [0.15, 0.2) is 5.69 Å². The van der Waals surface area contributed by atoms with Crippen LogP contribution >= 0.6 is 0 Å². The van der Waals surface area contributed by atoms with Crippen molar-refractivity contribution in [2.75, 3.05) is 0 Å². The predicted molar refractivity (Wildman–Crippen MR) is 62.2 cm³/mol. The van der Waals surface area contributed by atoms with Gasteiger partial charge in [-0.3, -0.25) is 4.68 Å². The van der Waals surface area contributed by atoms with Crippen LogP contribution in [0.2, 0.25) is 0 Å². The molecular weight excluding hydrogens is 241 g/mol. The molecule has 0 aliphatic carbocycles. The van der Waals surface area contributed by atoms with Crippen LogP contribution < -0.4 is 0 Å². The van der Waals surface area contributed by atoms with Crippen molar-refractivity contribution in [1.29, 1.82) is 0 Å². The number of aromatic nitrogens is 2. The topological polar surface area (TPSA) is 17.8 Å². The van der Waals surface area contributed by atoms with Crippen LogP contribution in [0.25, 0.3) is 0 Å². The third kappa shape index (κ3) is 2.72. The first kappa shape index (κ1) is 12.7. The van der Waals surface area contributed by atoms with E-state index in [1.807, 2.05) is 32.0 Å². The maximum Gasteiger partial charge on any atom is 0.435 e. The van der Waals surface area contributed by atoms with Crippen LogP contribution in [-0.2, 0) is 12.7 Å². The van der Waals surface area contributed by atoms with E-state index >= 15 is 0 Å². The van der Waals surface area contributed by atoms with Crippen LogP contribution in [0.15, 0.2) is 30.5 Å². The normalized spacial score (nSPS) is 11.8. The maximum absolute atomic E-state index is 12.4. The SMILES string of the molecule is Cc1ccc(C)c(Cn2ccc(C(F)(F)F)n2)c1. The van der Waals surface area contributed by atoms with Gasteiger partial charge in [0.25, 0.3) is 0 Å². The van der Waals surface area contributed by atoms with Gasteiger partial charge in [-0.15, -0.1) is 0 Å². The smallest absolute Gasteiger partial charge is 0.268 e. The number of hydrogen-bond acceptors (Lipinski definition) is 1. The maximum atomic E-state index is 12.4. The van der Waals surface area contributed by atoms with Crippen molar-refractivity contribution in [2.24, 2.45) is 0 Å². The molecule has 1 aromatic heterocycles. The third-order valence-electron chi connectivity index (χ3n) is 2.77. The number of rotatable bonds is 2. The second-order valence-electron chi connectivity index (χ2n) is 4.33. The Morgan fingerprint density at radius 1 is 1.17 bits per heavy atom. The van der Waals surface area contributed by atoms with Gasteiger partial charge in [0.1, 0.15) is 0 Å². The molecule has 0 aliphatic rings. The summed E-state index contributed by atoms with van der Waals surface area (Å²) in [6.45, 7) is 4.24. The van der Waals surface area contributed by atoms with Crippen molar-refractivity contribution in [3.63, 3.8) is 0 Å². The number of nitrogens with zero attached hydrogens (tertiary/aromatic N) is 2. The molecule has 18 heavy (non-hydrogen) atoms. The summed E-state index contributed by atoms with van der Waals surface area (Å²) in [7, 11) is 0. The molecule has 0 fully saturated rings. The van der Waals surface area contributed by atoms with Gasteiger partial charge in [-0.2, -0.15) is 18.3 Å². The van der Waals surface area contributed by atoms with E-state index in [0.717, 1.165) is 22.8 Å². The van der Waals surface area contributed by atoms with Crippen molar-refractivity contribution in [3.8, 4) is 0 Å². The highest BCUT2D eigenvalue weighted by Gasteiger charge is 2.33. The van der Waals surface area contributed by atoms with Crippen molar-refractivity contribution in [2.45, 2.75) is 26.6 Å². The molecule has 0 aliphatic heterocycles. The predicted octanol–water partition coefficient (Wildman–Crippen LogP) is 3.57. The summed E-state index contributed by atoms with van der Waals surface area (Å²) in [4.78, 5) is 0. The van der Waals surface area contributed by atoms with Crippen LogP contribution in [0, 0.1) is 13.8 Å². The molecular formula is C13H13F3N2. The van der Waals surface area contributed by atoms with Crippen LogP contribution in [-0.4, -0.2) is 9.78 Å². The molecule has 0 saturated carbocycles. The largest absolute Gasteiger partial charge is 0.435 e. The summed E-state index contributed by atoms with van der Waals surface area (Å²) in [5.74, 6) is 0. The molecule has 96 valence electrons. The summed E-state index contributed by atoms with van der Waals surface area (Å²) in [6.07, 6.45) is -3.03. The lowest BCUT2D eigenvalue weighted by molar-refractivity contribution is -0.141. The van der Waals surface area contributed by atoms with E-state index in [2.05, 4.69) is 5.10 Å². The quantitative estimate of drug-likeness (QED) is 0.801. The van der Waals surface area contributed by atoms with E-state index in [9.17, 15) is 13.2 Å². The molecule has 2 rings (SSSR count). The Kier molecular flexibility index (Phi) is 3.15. The average Bonchev–Trinajstić information content (AvgIpc) is 2.71. The Balaban J connectivity index is 2.24. The summed E-state index contributed by atoms with van der Waals surface area (Å²) in [5, 5.41) is 3.54. The Morgan fingerprint density at radius 3 is 2.50 bits per heavy atom. The zero-order valence-corrected chi connectivity index (χ0v) is 10.1. The van der Waals surface area contributed by atoms with Gasteiger partial charge in [-0.05, 0) is 31.0 Å². The van der Waals surface area contributed by atoms with Crippen LogP contribution in [0.5, 0.6) is 0 Å². The number of hydrogen-bond donors (Lipinski definition) is 0. The standard InChI is InChI=1S/C13H13F3N2/c1-9-3-4-10(2)11(7-9)8-18-6-5-12(17-18)13(14,15)16/h3-7H,8H2,1-2H3. The number of halogens is 3. The molecule has 1 aromatic carbocycles. The molecule has 0 atom stereocenters. The van der Waals surface area contributed by atoms with Crippen LogP contribution in [0.1, 0.15) is 22.4 Å². The van der Waals surface area contributed by atoms with Gasteiger partial charge in [0.05, 0.1) is 6.54 Å². The lowest BCUT2D eigenvalue weighted by atomic mass is 10.1. The third-order valence-corrected chi connectivity index (χ3v) is 2.77. The first-order chi connectivity index (χ1) is 8.36. The fourth-order valence-electron chi connectivity index (χ4n) is 1.75. The molecule has 2 nitrogen and oxygen atoms in total. The molecule has 0 bridgehead atoms. The highest BCUT2D eigenvalue weighted by Crippen LogP contribution is 2.27. The Morgan fingerprint density at radius 2 is 1.89 bits per heavy atom. The monoisotopic (exact) mass is 254 g/mol. The van der Waals surface area contributed by atoms with Gasteiger partial charge in [-0.25, -0.2) is 0 Å². The molecule has 0 spiro atoms. The summed E-state index contributed by atoms with van der Waals surface area (Å²) in [5.41, 5.74) is 2.25. The van der Waals surface area contributed by atoms with Crippen LogP contribution in [0.3, 0.4) is 0 Å². The molecule has 5 heteroatoms. The zero-order chi connectivity index (χ0) is 13.3. The van der Waals surface area contributed by atoms with E-state index < -0.39 is 11.9 Å². The minimum absolute atomic E-state index is 0.351. The minimum Gasteiger partial charge on any atom is -0.268 e. The van der Waals surface area contributed by atoms with E-state index in [4.69, 9.17) is 0 Å². The van der Waals surface area contributed by atoms with Crippen molar-refractivity contribution in [1.82, 2.24) is 9.78 Å². The Hall–Kier alpha value is -1.78. The highest BCUT2D eigenvalue weighted by molar-refractivity contribution is 5.30. The number of aryl methyl sites for hydroxylation is 2. The second kappa shape index (κ2) is 4.48. The number of alkyl halides is 3. The minimum atomic E-state index is -4.38. The fraction of sp³-hybridized carbons (Fsp3) is 0.308. The Bertz CT molecular complexity index is 556. The summed E-state index contributed by atoms with van der Waals surface area (Å²) >= 11 is 0. The van der Waals surface area contributed by atoms with Gasteiger partial charge >= 0.3 is 6.18 Å². The summed E-state index contributed by atoms with van der Waals surface area (Å²) in [6, 6.07) is 6.89. The molecule has 0 saturated heterocycles. The van der Waals surface area contributed by atoms with Crippen molar-refractivity contribution < 1.29 is 13.2 Å². The van der Waals surface area contributed by atoms with Crippen molar-refractivity contribution in [3.05, 3.63) is 52.8 Å². The van der Waals surface area contributed by atoms with E-state index in [1.54, 1.807) is 0 Å². The lowest BCUT2D eigenvalue weighted by Gasteiger charge is -2.07. The fourth-order valence-corrected chi connectivity index (χ4v) is 1.75. The van der Waals surface area contributed by atoms with E-state index in [-0.39, 0.29) is 0 Å². The summed E-state index contributed by atoms with van der Waals surface area (Å²) < 4.78 is 38.5. The van der Waals surface area contributed by atoms with Crippen LogP contribution in [0.4, 0.5) is 13.2 Å². The lowest BCUT2D eigenvalue weighted by Crippen LogP contribution is -2.09. The number of benzene rings is 1. The van der Waals surface area contributed by atoms with Gasteiger partial charge in [-0.1, -0.05) is 23.8 Å². The van der Waals surface area contributed by atoms with E-state index in [0.29, 0.717) is 6.54 Å². The highest BCUT2D eigenvalue weighted by atomic mass is 19.4. The molecule has 1 heterocycles. The first-order valence-electron chi connectivity index (χ1n) is 5.53. The van der Waals surface area contributed by atoms with Gasteiger partial charge in [0.2, 0.25) is 0 Å². The van der Waals surface area contributed by atoms with Gasteiger partial charge in [0, 0.05) is 6.20 Å². The molecule has 0 N–H and O–H groups in total. The van der Waals surface area contributed by atoms with E-state index in [1.165, 1.54) is 10.9 Å².